The molecule has 1 aliphatic heterocycles. The van der Waals surface area contributed by atoms with Crippen LogP contribution in [0.5, 0.6) is 5.75 Å². The highest BCUT2D eigenvalue weighted by Gasteiger charge is 2.17. The van der Waals surface area contributed by atoms with Gasteiger partial charge >= 0.3 is 0 Å². The quantitative estimate of drug-likeness (QED) is 0.758. The van der Waals surface area contributed by atoms with E-state index in [-0.39, 0.29) is 5.28 Å². The Hall–Kier alpha value is -0.850. The van der Waals surface area contributed by atoms with Crippen LogP contribution >= 0.6 is 43.5 Å². The third kappa shape index (κ3) is 2.92. The van der Waals surface area contributed by atoms with Gasteiger partial charge in [-0.2, -0.15) is 4.98 Å². The standard InChI is InChI=1S/C13H10Br2ClN3O/c14-9-3-7-1-2-20-11(7)8(4-9)5-17-12-10(15)6-18-13(16)19-12/h3-4,6H,1-2,5H2,(H,17,18,19). The summed E-state index contributed by atoms with van der Waals surface area (Å²) in [7, 11) is 0. The lowest BCUT2D eigenvalue weighted by molar-refractivity contribution is 0.354. The van der Waals surface area contributed by atoms with Gasteiger partial charge in [0, 0.05) is 29.2 Å². The van der Waals surface area contributed by atoms with Crippen LogP contribution in [0, 0.1) is 0 Å². The van der Waals surface area contributed by atoms with Crippen molar-refractivity contribution in [3.8, 4) is 5.75 Å². The number of nitrogens with zero attached hydrogens (tertiary/aromatic N) is 2. The highest BCUT2D eigenvalue weighted by atomic mass is 79.9. The molecule has 0 spiro atoms. The highest BCUT2D eigenvalue weighted by molar-refractivity contribution is 9.10. The Morgan fingerprint density at radius 2 is 2.20 bits per heavy atom. The fraction of sp³-hybridized carbons (Fsp3) is 0.231. The average Bonchev–Trinajstić information content (AvgIpc) is 2.87. The number of halogens is 3. The Balaban J connectivity index is 1.84. The number of ether oxygens (including phenoxy) is 1. The summed E-state index contributed by atoms with van der Waals surface area (Å²) in [5, 5.41) is 3.46. The summed E-state index contributed by atoms with van der Waals surface area (Å²) in [5.74, 6) is 1.63. The molecule has 0 saturated carbocycles. The second kappa shape index (κ2) is 5.87. The van der Waals surface area contributed by atoms with Gasteiger partial charge < -0.3 is 10.1 Å². The number of fused-ring (bicyclic) bond motifs is 1. The molecule has 0 bridgehead atoms. The number of rotatable bonds is 3. The number of benzene rings is 1. The molecule has 0 fully saturated rings. The SMILES string of the molecule is Clc1ncc(Br)c(NCc2cc(Br)cc3c2OCC3)n1. The molecule has 0 aliphatic carbocycles. The maximum atomic E-state index is 5.80. The molecule has 0 atom stereocenters. The van der Waals surface area contributed by atoms with Gasteiger partial charge in [0.05, 0.1) is 11.1 Å². The lowest BCUT2D eigenvalue weighted by Crippen LogP contribution is -2.04. The molecule has 4 nitrogen and oxygen atoms in total. The van der Waals surface area contributed by atoms with Crippen molar-refractivity contribution in [1.29, 1.82) is 0 Å². The van der Waals surface area contributed by atoms with Crippen molar-refractivity contribution >= 4 is 49.3 Å². The molecule has 1 aliphatic rings. The summed E-state index contributed by atoms with van der Waals surface area (Å²) in [6.07, 6.45) is 2.57. The highest BCUT2D eigenvalue weighted by Crippen LogP contribution is 2.33. The van der Waals surface area contributed by atoms with Gasteiger partial charge in [-0.05, 0) is 45.2 Å². The molecule has 0 unspecified atom stereocenters. The monoisotopic (exact) mass is 417 g/mol. The molecular formula is C13H10Br2ClN3O. The molecule has 0 saturated heterocycles. The minimum atomic E-state index is 0.214. The average molecular weight is 420 g/mol. The van der Waals surface area contributed by atoms with Crippen LogP contribution < -0.4 is 10.1 Å². The van der Waals surface area contributed by atoms with E-state index in [4.69, 9.17) is 16.3 Å². The van der Waals surface area contributed by atoms with Gasteiger partial charge in [0.15, 0.2) is 0 Å². The first-order valence-electron chi connectivity index (χ1n) is 5.99. The Morgan fingerprint density at radius 1 is 1.35 bits per heavy atom. The van der Waals surface area contributed by atoms with Crippen LogP contribution in [-0.2, 0) is 13.0 Å². The van der Waals surface area contributed by atoms with Crippen molar-refractivity contribution in [1.82, 2.24) is 9.97 Å². The summed E-state index contributed by atoms with van der Waals surface area (Å²) >= 11 is 12.7. The fourth-order valence-electron chi connectivity index (χ4n) is 2.13. The lowest BCUT2D eigenvalue weighted by Gasteiger charge is -2.11. The van der Waals surface area contributed by atoms with Crippen LogP contribution in [0.3, 0.4) is 0 Å². The third-order valence-corrected chi connectivity index (χ3v) is 4.21. The van der Waals surface area contributed by atoms with E-state index in [1.807, 2.05) is 6.07 Å². The van der Waals surface area contributed by atoms with Gasteiger partial charge in [0.25, 0.3) is 0 Å². The minimum absolute atomic E-state index is 0.214. The third-order valence-electron chi connectivity index (χ3n) is 2.99. The summed E-state index contributed by atoms with van der Waals surface area (Å²) in [6, 6.07) is 4.15. The number of hydrogen-bond acceptors (Lipinski definition) is 4. The Bertz CT molecular complexity index is 666. The van der Waals surface area contributed by atoms with Crippen LogP contribution in [0.15, 0.2) is 27.3 Å². The molecular weight excluding hydrogens is 409 g/mol. The van der Waals surface area contributed by atoms with E-state index in [0.717, 1.165) is 33.3 Å². The molecule has 104 valence electrons. The van der Waals surface area contributed by atoms with Gasteiger partial charge in [0.2, 0.25) is 5.28 Å². The second-order valence-corrected chi connectivity index (χ2v) is 6.45. The van der Waals surface area contributed by atoms with Crippen LogP contribution in [0.25, 0.3) is 0 Å². The molecule has 1 aromatic heterocycles. The van der Waals surface area contributed by atoms with Gasteiger partial charge in [-0.25, -0.2) is 4.98 Å². The normalized spacial score (nSPS) is 12.9. The lowest BCUT2D eigenvalue weighted by atomic mass is 10.1. The van der Waals surface area contributed by atoms with Gasteiger partial charge in [0.1, 0.15) is 11.6 Å². The van der Waals surface area contributed by atoms with Crippen LogP contribution in [0.1, 0.15) is 11.1 Å². The first-order chi connectivity index (χ1) is 9.63. The topological polar surface area (TPSA) is 47.0 Å². The van der Waals surface area contributed by atoms with Gasteiger partial charge in [-0.3, -0.25) is 0 Å². The first kappa shape index (κ1) is 14.1. The van der Waals surface area contributed by atoms with E-state index in [9.17, 15) is 0 Å². The molecule has 1 aromatic carbocycles. The van der Waals surface area contributed by atoms with Gasteiger partial charge in [-0.15, -0.1) is 0 Å². The largest absolute Gasteiger partial charge is 0.493 e. The molecule has 2 heterocycles. The van der Waals surface area contributed by atoms with E-state index in [1.165, 1.54) is 5.56 Å². The van der Waals surface area contributed by atoms with E-state index < -0.39 is 0 Å². The van der Waals surface area contributed by atoms with E-state index in [0.29, 0.717) is 12.4 Å². The summed E-state index contributed by atoms with van der Waals surface area (Å²) in [4.78, 5) is 8.05. The number of anilines is 1. The maximum absolute atomic E-state index is 5.80. The predicted molar refractivity (Wildman–Crippen MR) is 85.4 cm³/mol. The zero-order valence-electron chi connectivity index (χ0n) is 10.3. The van der Waals surface area contributed by atoms with Crippen LogP contribution in [-0.4, -0.2) is 16.6 Å². The predicted octanol–water partition coefficient (Wildman–Crippen LogP) is 4.20. The molecule has 20 heavy (non-hydrogen) atoms. The molecule has 1 N–H and O–H groups in total. The van der Waals surface area contributed by atoms with Crippen LogP contribution in [0.4, 0.5) is 5.82 Å². The number of aromatic nitrogens is 2. The summed E-state index contributed by atoms with van der Waals surface area (Å²) < 4.78 is 7.52. The van der Waals surface area contributed by atoms with Crippen molar-refractivity contribution in [3.05, 3.63) is 43.7 Å². The summed E-state index contributed by atoms with van der Waals surface area (Å²) in [6.45, 7) is 1.34. The minimum Gasteiger partial charge on any atom is -0.493 e. The number of nitrogens with one attached hydrogen (secondary N) is 1. The summed E-state index contributed by atoms with van der Waals surface area (Å²) in [5.41, 5.74) is 2.32. The molecule has 0 radical (unpaired) electrons. The van der Waals surface area contributed by atoms with Crippen molar-refractivity contribution < 1.29 is 4.74 Å². The maximum Gasteiger partial charge on any atom is 0.224 e. The Labute approximate surface area is 138 Å². The smallest absolute Gasteiger partial charge is 0.224 e. The number of hydrogen-bond donors (Lipinski definition) is 1. The van der Waals surface area contributed by atoms with E-state index in [1.54, 1.807) is 6.20 Å². The fourth-order valence-corrected chi connectivity index (χ4v) is 3.14. The van der Waals surface area contributed by atoms with Crippen molar-refractivity contribution in [2.75, 3.05) is 11.9 Å². The molecule has 7 heteroatoms. The zero-order valence-corrected chi connectivity index (χ0v) is 14.2. The van der Waals surface area contributed by atoms with E-state index >= 15 is 0 Å². The molecule has 0 amide bonds. The van der Waals surface area contributed by atoms with Crippen molar-refractivity contribution in [3.63, 3.8) is 0 Å². The van der Waals surface area contributed by atoms with E-state index in [2.05, 4.69) is 53.2 Å². The molecule has 2 aromatic rings. The van der Waals surface area contributed by atoms with Crippen molar-refractivity contribution in [2.24, 2.45) is 0 Å². The first-order valence-corrected chi connectivity index (χ1v) is 7.96. The Kier molecular flexibility index (Phi) is 4.14. The van der Waals surface area contributed by atoms with Crippen LogP contribution in [0.2, 0.25) is 5.28 Å². The zero-order chi connectivity index (χ0) is 14.1. The second-order valence-electron chi connectivity index (χ2n) is 4.34. The van der Waals surface area contributed by atoms with Gasteiger partial charge in [-0.1, -0.05) is 15.9 Å². The molecule has 3 rings (SSSR count). The van der Waals surface area contributed by atoms with Crippen molar-refractivity contribution in [2.45, 2.75) is 13.0 Å². The Morgan fingerprint density at radius 3 is 3.05 bits per heavy atom.